The van der Waals surface area contributed by atoms with Crippen molar-refractivity contribution in [1.82, 2.24) is 24.5 Å². The van der Waals surface area contributed by atoms with Gasteiger partial charge in [-0.3, -0.25) is 4.90 Å². The summed E-state index contributed by atoms with van der Waals surface area (Å²) in [6.07, 6.45) is -3.84. The van der Waals surface area contributed by atoms with E-state index in [9.17, 15) is 26.3 Å². The summed E-state index contributed by atoms with van der Waals surface area (Å²) >= 11 is 1.73. The average molecular weight is 613 g/mol. The van der Waals surface area contributed by atoms with E-state index >= 15 is 0 Å². The fourth-order valence-electron chi connectivity index (χ4n) is 4.00. The van der Waals surface area contributed by atoms with Crippen LogP contribution in [0.4, 0.5) is 32.0 Å². The smallest absolute Gasteiger partial charge is 0.475 e. The number of aliphatic carboxylic acids is 2. The van der Waals surface area contributed by atoms with Crippen LogP contribution >= 0.6 is 11.3 Å². The number of likely N-dealkylation sites (tertiary alicyclic amines) is 1. The van der Waals surface area contributed by atoms with Gasteiger partial charge in [0.15, 0.2) is 11.5 Å². The number of piperidine rings is 1. The number of aromatic nitrogens is 4. The van der Waals surface area contributed by atoms with Gasteiger partial charge in [-0.15, -0.1) is 11.3 Å². The number of carbonyl (C=O) groups is 2. The minimum Gasteiger partial charge on any atom is -0.475 e. The summed E-state index contributed by atoms with van der Waals surface area (Å²) in [4.78, 5) is 31.9. The monoisotopic (exact) mass is 612 g/mol. The summed E-state index contributed by atoms with van der Waals surface area (Å²) in [6.45, 7) is 6.51. The topological polar surface area (TPSA) is 133 Å². The summed E-state index contributed by atoms with van der Waals surface area (Å²) in [7, 11) is 0. The summed E-state index contributed by atoms with van der Waals surface area (Å²) in [5.74, 6) is -4.15. The number of rotatable bonds is 4. The van der Waals surface area contributed by atoms with E-state index in [1.54, 1.807) is 11.3 Å². The minimum absolute atomic E-state index is 0.394. The van der Waals surface area contributed by atoms with E-state index < -0.39 is 24.3 Å². The molecule has 2 saturated heterocycles. The molecule has 1 unspecified atom stereocenters. The standard InChI is InChI=1S/C19H24N6OS.2C2HF3O2/c1-2-15(12-23(6-1)14-18-20-5-11-27-18)19-21-17-4-3-16(13-25(17)22-19)24-7-9-26-10-8-24;2*3-2(4,5)1(6)7/h3-5,11,13,15H,1-2,6-10,12,14H2;2*(H,6,7). The van der Waals surface area contributed by atoms with Gasteiger partial charge in [0.1, 0.15) is 5.01 Å². The van der Waals surface area contributed by atoms with Crippen molar-refractivity contribution in [3.05, 3.63) is 40.7 Å². The molecule has 0 bridgehead atoms. The second kappa shape index (κ2) is 13.9. The molecule has 0 saturated carbocycles. The van der Waals surface area contributed by atoms with E-state index in [0.29, 0.717) is 5.92 Å². The molecule has 0 radical (unpaired) electrons. The van der Waals surface area contributed by atoms with Gasteiger partial charge in [-0.2, -0.15) is 31.4 Å². The molecule has 0 spiro atoms. The van der Waals surface area contributed by atoms with Crippen LogP contribution in [-0.4, -0.2) is 98.4 Å². The van der Waals surface area contributed by atoms with Crippen LogP contribution in [0.15, 0.2) is 29.9 Å². The van der Waals surface area contributed by atoms with Gasteiger partial charge in [-0.05, 0) is 31.5 Å². The SMILES string of the molecule is O=C(O)C(F)(F)F.O=C(O)C(F)(F)F.c1csc(CN2CCCC(c3nc4ccc(N5CCOCC5)cn4n3)C2)n1. The summed E-state index contributed by atoms with van der Waals surface area (Å²) in [5, 5.41) is 22.3. The lowest BCUT2D eigenvalue weighted by Gasteiger charge is -2.30. The van der Waals surface area contributed by atoms with E-state index in [2.05, 4.69) is 33.1 Å². The molecule has 41 heavy (non-hydrogen) atoms. The van der Waals surface area contributed by atoms with E-state index in [1.807, 2.05) is 16.1 Å². The summed E-state index contributed by atoms with van der Waals surface area (Å²) in [5.41, 5.74) is 2.12. The predicted molar refractivity (Wildman–Crippen MR) is 133 cm³/mol. The third-order valence-electron chi connectivity index (χ3n) is 5.91. The number of carboxylic acids is 2. The Morgan fingerprint density at radius 2 is 1.66 bits per heavy atom. The van der Waals surface area contributed by atoms with Crippen molar-refractivity contribution in [2.45, 2.75) is 37.7 Å². The second-order valence-electron chi connectivity index (χ2n) is 8.87. The molecule has 0 aliphatic carbocycles. The first-order valence-corrected chi connectivity index (χ1v) is 13.0. The number of anilines is 1. The number of halogens is 6. The lowest BCUT2D eigenvalue weighted by Crippen LogP contribution is -2.36. The van der Waals surface area contributed by atoms with E-state index in [0.717, 1.165) is 63.8 Å². The molecule has 5 heterocycles. The predicted octanol–water partition coefficient (Wildman–Crippen LogP) is 3.67. The number of carboxylic acid groups (broad SMARTS) is 2. The summed E-state index contributed by atoms with van der Waals surface area (Å²) < 4.78 is 70.9. The number of hydrogen-bond acceptors (Lipinski definition) is 9. The largest absolute Gasteiger partial charge is 0.490 e. The van der Waals surface area contributed by atoms with Gasteiger partial charge in [0.25, 0.3) is 0 Å². The van der Waals surface area contributed by atoms with Crippen LogP contribution in [0, 0.1) is 0 Å². The number of fused-ring (bicyclic) bond motifs is 1. The van der Waals surface area contributed by atoms with Gasteiger partial charge in [0.2, 0.25) is 0 Å². The Morgan fingerprint density at radius 1 is 1.02 bits per heavy atom. The van der Waals surface area contributed by atoms with Gasteiger partial charge in [-0.25, -0.2) is 24.1 Å². The van der Waals surface area contributed by atoms with Crippen LogP contribution < -0.4 is 4.90 Å². The van der Waals surface area contributed by atoms with Crippen molar-refractivity contribution in [3.63, 3.8) is 0 Å². The molecule has 11 nitrogen and oxygen atoms in total. The maximum absolute atomic E-state index is 10.6. The highest BCUT2D eigenvalue weighted by Crippen LogP contribution is 2.27. The Bertz CT molecular complexity index is 1260. The molecule has 226 valence electrons. The number of ether oxygens (including phenoxy) is 1. The highest BCUT2D eigenvalue weighted by Gasteiger charge is 2.38. The zero-order valence-corrected chi connectivity index (χ0v) is 22.1. The van der Waals surface area contributed by atoms with E-state index in [1.165, 1.54) is 17.1 Å². The first-order chi connectivity index (χ1) is 19.2. The van der Waals surface area contributed by atoms with Crippen LogP contribution in [0.3, 0.4) is 0 Å². The van der Waals surface area contributed by atoms with Crippen LogP contribution in [0.5, 0.6) is 0 Å². The van der Waals surface area contributed by atoms with E-state index in [-0.39, 0.29) is 0 Å². The molecule has 0 aromatic carbocycles. The van der Waals surface area contributed by atoms with E-state index in [4.69, 9.17) is 34.6 Å². The fraction of sp³-hybridized carbons (Fsp3) is 0.522. The third-order valence-corrected chi connectivity index (χ3v) is 6.67. The quantitative estimate of drug-likeness (QED) is 0.421. The van der Waals surface area contributed by atoms with Crippen LogP contribution in [0.25, 0.3) is 5.65 Å². The van der Waals surface area contributed by atoms with Crippen molar-refractivity contribution >= 4 is 34.6 Å². The fourth-order valence-corrected chi connectivity index (χ4v) is 4.66. The Balaban J connectivity index is 0.000000276. The van der Waals surface area contributed by atoms with Crippen LogP contribution in [0.2, 0.25) is 0 Å². The number of morpholine rings is 1. The molecule has 2 aliphatic rings. The van der Waals surface area contributed by atoms with Gasteiger partial charge >= 0.3 is 24.3 Å². The number of pyridine rings is 1. The Hall–Kier alpha value is -3.51. The lowest BCUT2D eigenvalue weighted by atomic mass is 9.97. The second-order valence-corrected chi connectivity index (χ2v) is 9.84. The summed E-state index contributed by atoms with van der Waals surface area (Å²) in [6, 6.07) is 4.23. The molecular formula is C23H26F6N6O5S. The van der Waals surface area contributed by atoms with Gasteiger partial charge < -0.3 is 19.8 Å². The average Bonchev–Trinajstić information content (AvgIpc) is 3.58. The van der Waals surface area contributed by atoms with Crippen molar-refractivity contribution in [3.8, 4) is 0 Å². The van der Waals surface area contributed by atoms with Crippen LogP contribution in [-0.2, 0) is 20.9 Å². The molecule has 1 atom stereocenters. The number of nitrogens with zero attached hydrogens (tertiary/aromatic N) is 6. The molecule has 18 heteroatoms. The number of hydrogen-bond donors (Lipinski definition) is 2. The Kier molecular flexibility index (Phi) is 10.9. The van der Waals surface area contributed by atoms with Crippen molar-refractivity contribution in [2.75, 3.05) is 44.3 Å². The maximum Gasteiger partial charge on any atom is 0.490 e. The van der Waals surface area contributed by atoms with Crippen molar-refractivity contribution in [1.29, 1.82) is 0 Å². The molecule has 3 aromatic rings. The zero-order chi connectivity index (χ0) is 30.2. The molecule has 5 rings (SSSR count). The van der Waals surface area contributed by atoms with Crippen molar-refractivity contribution < 1.29 is 50.9 Å². The molecule has 3 aromatic heterocycles. The van der Waals surface area contributed by atoms with Gasteiger partial charge in [0, 0.05) is 37.1 Å². The van der Waals surface area contributed by atoms with Gasteiger partial charge in [-0.1, -0.05) is 0 Å². The lowest BCUT2D eigenvalue weighted by molar-refractivity contribution is -0.193. The van der Waals surface area contributed by atoms with Crippen LogP contribution in [0.1, 0.15) is 29.6 Å². The zero-order valence-electron chi connectivity index (χ0n) is 21.3. The number of alkyl halides is 6. The van der Waals surface area contributed by atoms with Gasteiger partial charge in [0.05, 0.1) is 31.6 Å². The highest BCUT2D eigenvalue weighted by atomic mass is 32.1. The van der Waals surface area contributed by atoms with Crippen molar-refractivity contribution in [2.24, 2.45) is 0 Å². The Labute approximate surface area is 233 Å². The normalized spacial score (nSPS) is 18.2. The molecule has 2 fully saturated rings. The minimum atomic E-state index is -5.08. The molecule has 0 amide bonds. The molecule has 2 aliphatic heterocycles. The first-order valence-electron chi connectivity index (χ1n) is 12.1. The maximum atomic E-state index is 10.6. The highest BCUT2D eigenvalue weighted by molar-refractivity contribution is 7.09. The third kappa shape index (κ3) is 9.82. The Morgan fingerprint density at radius 3 is 2.22 bits per heavy atom. The molecular weight excluding hydrogens is 586 g/mol. The number of thiazole rings is 1. The first kappa shape index (κ1) is 32.0. The molecule has 2 N–H and O–H groups in total.